The minimum atomic E-state index is 0.0863. The molecule has 0 saturated heterocycles. The van der Waals surface area contributed by atoms with Crippen LogP contribution in [-0.4, -0.2) is 0 Å². The average molecular weight is 205 g/mol. The van der Waals surface area contributed by atoms with Crippen LogP contribution < -0.4 is 0 Å². The quantitative estimate of drug-likeness (QED) is 0.667. The topological polar surface area (TPSA) is 0 Å². The highest BCUT2D eigenvalue weighted by molar-refractivity contribution is 5.19. The van der Waals surface area contributed by atoms with Crippen molar-refractivity contribution in [3.63, 3.8) is 0 Å². The largest absolute Gasteiger partial charge is 0.0654 e. The van der Waals surface area contributed by atoms with E-state index < -0.39 is 0 Å². The van der Waals surface area contributed by atoms with Gasteiger partial charge in [-0.05, 0) is 43.1 Å². The van der Waals surface area contributed by atoms with E-state index >= 15 is 0 Å². The molecule has 15 heavy (non-hydrogen) atoms. The molecule has 0 aliphatic heterocycles. The lowest BCUT2D eigenvalue weighted by Gasteiger charge is -2.28. The number of rotatable bonds is 3. The molecule has 1 saturated carbocycles. The van der Waals surface area contributed by atoms with Gasteiger partial charge in [0.15, 0.2) is 0 Å². The van der Waals surface area contributed by atoms with Crippen molar-refractivity contribution in [2.24, 2.45) is 5.92 Å². The Morgan fingerprint density at radius 1 is 1.27 bits per heavy atom. The Morgan fingerprint density at radius 3 is 2.80 bits per heavy atom. The fourth-order valence-corrected chi connectivity index (χ4v) is 2.73. The normalized spacial score (nSPS) is 29.3. The Labute approximate surface area is 97.9 Å². The fourth-order valence-electron chi connectivity index (χ4n) is 2.73. The summed E-state index contributed by atoms with van der Waals surface area (Å²) in [6.07, 6.45) is 7.40. The van der Waals surface area contributed by atoms with Gasteiger partial charge in [0.2, 0.25) is 0 Å². The van der Waals surface area contributed by atoms with E-state index in [-0.39, 0.29) is 18.1 Å². The first kappa shape index (κ1) is 7.49. The third-order valence-electron chi connectivity index (χ3n) is 3.61. The Balaban J connectivity index is 2.08. The minimum absolute atomic E-state index is 0.0863. The van der Waals surface area contributed by atoms with Gasteiger partial charge < -0.3 is 0 Å². The van der Waals surface area contributed by atoms with Crippen LogP contribution in [0, 0.1) is 5.92 Å². The van der Waals surface area contributed by atoms with Gasteiger partial charge in [0, 0.05) is 0 Å². The lowest BCUT2D eigenvalue weighted by atomic mass is 9.77. The molecule has 1 fully saturated rings. The molecule has 2 rings (SSSR count). The van der Waals surface area contributed by atoms with Crippen molar-refractivity contribution in [3.8, 4) is 0 Å². The molecule has 0 unspecified atom stereocenters. The second kappa shape index (κ2) is 5.34. The molecule has 0 aromatic heterocycles. The highest BCUT2D eigenvalue weighted by atomic mass is 14.3. The highest BCUT2D eigenvalue weighted by Gasteiger charge is 2.21. The van der Waals surface area contributed by atoms with Crippen molar-refractivity contribution in [3.05, 3.63) is 35.8 Å². The van der Waals surface area contributed by atoms with Crippen LogP contribution in [0.4, 0.5) is 0 Å². The minimum Gasteiger partial charge on any atom is -0.0654 e. The fraction of sp³-hybridized carbons (Fsp3) is 0.600. The van der Waals surface area contributed by atoms with Crippen molar-refractivity contribution < 1.29 is 4.11 Å². The van der Waals surface area contributed by atoms with Gasteiger partial charge in [0.05, 0.1) is 4.11 Å². The van der Waals surface area contributed by atoms with E-state index in [1.54, 1.807) is 6.07 Å². The van der Waals surface area contributed by atoms with E-state index in [0.717, 1.165) is 24.3 Å². The van der Waals surface area contributed by atoms with Gasteiger partial charge in [-0.1, -0.05) is 50.0 Å². The number of benzene rings is 1. The van der Waals surface area contributed by atoms with Crippen LogP contribution in [0.2, 0.25) is 0 Å². The predicted molar refractivity (Wildman–Crippen MR) is 66.0 cm³/mol. The van der Waals surface area contributed by atoms with Crippen molar-refractivity contribution >= 4 is 0 Å². The van der Waals surface area contributed by atoms with Gasteiger partial charge in [-0.15, -0.1) is 0 Å². The summed E-state index contributed by atoms with van der Waals surface area (Å²) in [5.74, 6) is 1.31. The first-order valence-electron chi connectivity index (χ1n) is 7.70. The molecule has 0 spiro atoms. The van der Waals surface area contributed by atoms with E-state index in [4.69, 9.17) is 4.11 Å². The van der Waals surface area contributed by atoms with Crippen LogP contribution >= 0.6 is 0 Å². The molecular weight excluding hydrogens is 180 g/mol. The van der Waals surface area contributed by atoms with Crippen molar-refractivity contribution in [2.45, 2.75) is 51.4 Å². The van der Waals surface area contributed by atoms with E-state index in [0.29, 0.717) is 5.92 Å². The monoisotopic (exact) mass is 205 g/mol. The summed E-state index contributed by atoms with van der Waals surface area (Å²) in [5.41, 5.74) is 0.992. The lowest BCUT2D eigenvalue weighted by Crippen LogP contribution is -2.13. The summed E-state index contributed by atoms with van der Waals surface area (Å²) in [4.78, 5) is 0. The second-order valence-electron chi connectivity index (χ2n) is 4.69. The molecule has 1 aliphatic carbocycles. The summed E-state index contributed by atoms with van der Waals surface area (Å²) < 4.78 is 23.3. The van der Waals surface area contributed by atoms with Gasteiger partial charge in [-0.3, -0.25) is 0 Å². The molecule has 0 bridgehead atoms. The molecule has 0 heterocycles. The van der Waals surface area contributed by atoms with E-state index in [1.165, 1.54) is 25.7 Å². The Morgan fingerprint density at radius 2 is 2.07 bits per heavy atom. The summed E-state index contributed by atoms with van der Waals surface area (Å²) in [7, 11) is 0. The summed E-state index contributed by atoms with van der Waals surface area (Å²) in [6.45, 7) is 2.24. The zero-order valence-electron chi connectivity index (χ0n) is 12.6. The Kier molecular flexibility index (Phi) is 2.67. The molecule has 0 radical (unpaired) electrons. The van der Waals surface area contributed by atoms with Crippen molar-refractivity contribution in [2.75, 3.05) is 0 Å². The van der Waals surface area contributed by atoms with Crippen LogP contribution in [0.1, 0.15) is 61.0 Å². The van der Waals surface area contributed by atoms with Gasteiger partial charge in [0.25, 0.3) is 0 Å². The Hall–Kier alpha value is -0.780. The third kappa shape index (κ3) is 2.84. The second-order valence-corrected chi connectivity index (χ2v) is 4.69. The van der Waals surface area contributed by atoms with Crippen molar-refractivity contribution in [1.82, 2.24) is 0 Å². The highest BCUT2D eigenvalue weighted by Crippen LogP contribution is 2.37. The average Bonchev–Trinajstić information content (AvgIpc) is 2.38. The number of hydrogen-bond donors (Lipinski definition) is 0. The maximum Gasteiger partial charge on any atom is 0.0626 e. The zero-order chi connectivity index (χ0) is 13.1. The molecule has 82 valence electrons. The SMILES string of the molecule is [2H]c1ccc(C2CCC(CCC)CC2)c([2H])c1[2H]. The standard InChI is InChI=1S/C15H22/c1-2-6-13-9-11-15(12-10-13)14-7-4-3-5-8-14/h3-5,7-8,13,15H,2,6,9-12H2,1H3/i3D,4D,7D. The van der Waals surface area contributed by atoms with Gasteiger partial charge >= 0.3 is 0 Å². The van der Waals surface area contributed by atoms with Crippen LogP contribution in [0.3, 0.4) is 0 Å². The molecule has 1 aromatic carbocycles. The molecule has 0 N–H and O–H groups in total. The van der Waals surface area contributed by atoms with Gasteiger partial charge in [-0.25, -0.2) is 0 Å². The molecule has 1 aromatic rings. The van der Waals surface area contributed by atoms with E-state index in [2.05, 4.69) is 6.92 Å². The van der Waals surface area contributed by atoms with Crippen LogP contribution in [0.5, 0.6) is 0 Å². The molecule has 0 heteroatoms. The molecule has 0 amide bonds. The lowest BCUT2D eigenvalue weighted by molar-refractivity contribution is 0.308. The molecular formula is C15H22. The Bertz CT molecular complexity index is 406. The maximum absolute atomic E-state index is 8.00. The summed E-state index contributed by atoms with van der Waals surface area (Å²) in [5, 5.41) is 0. The van der Waals surface area contributed by atoms with Crippen LogP contribution in [0.15, 0.2) is 30.3 Å². The van der Waals surface area contributed by atoms with Crippen LogP contribution in [0.25, 0.3) is 0 Å². The first-order chi connectivity index (χ1) is 8.63. The van der Waals surface area contributed by atoms with E-state index in [9.17, 15) is 0 Å². The summed E-state index contributed by atoms with van der Waals surface area (Å²) in [6, 6.07) is 4.11. The smallest absolute Gasteiger partial charge is 0.0626 e. The number of hydrogen-bond acceptors (Lipinski definition) is 0. The predicted octanol–water partition coefficient (Wildman–Crippen LogP) is 4.76. The van der Waals surface area contributed by atoms with Gasteiger partial charge in [0.1, 0.15) is 0 Å². The molecule has 0 nitrogen and oxygen atoms in total. The third-order valence-corrected chi connectivity index (χ3v) is 3.61. The van der Waals surface area contributed by atoms with Gasteiger partial charge in [-0.2, -0.15) is 0 Å². The zero-order valence-corrected chi connectivity index (χ0v) is 9.55. The van der Waals surface area contributed by atoms with Crippen LogP contribution in [-0.2, 0) is 0 Å². The molecule has 0 atom stereocenters. The molecule has 1 aliphatic rings. The van der Waals surface area contributed by atoms with E-state index in [1.807, 2.05) is 6.07 Å². The van der Waals surface area contributed by atoms with Crippen molar-refractivity contribution in [1.29, 1.82) is 0 Å². The first-order valence-corrected chi connectivity index (χ1v) is 6.20. The summed E-state index contributed by atoms with van der Waals surface area (Å²) >= 11 is 0. The maximum atomic E-state index is 8.00.